The molecule has 84 valence electrons. The van der Waals surface area contributed by atoms with E-state index >= 15 is 0 Å². The Balaban J connectivity index is 1.95. The molecule has 0 bridgehead atoms. The van der Waals surface area contributed by atoms with Crippen molar-refractivity contribution in [2.75, 3.05) is 0 Å². The maximum Gasteiger partial charge on any atom is 0.0221 e. The Hall–Kier alpha value is -0.340. The molecule has 0 amide bonds. The van der Waals surface area contributed by atoms with E-state index in [0.717, 1.165) is 6.54 Å². The van der Waals surface area contributed by atoms with Gasteiger partial charge in [0.15, 0.2) is 0 Å². The van der Waals surface area contributed by atoms with Gasteiger partial charge in [0.05, 0.1) is 0 Å². The zero-order valence-corrected chi connectivity index (χ0v) is 10.8. The van der Waals surface area contributed by atoms with E-state index in [1.807, 2.05) is 11.3 Å². The van der Waals surface area contributed by atoms with Crippen LogP contribution in [0, 0.1) is 13.8 Å². The quantitative estimate of drug-likeness (QED) is 0.819. The Labute approximate surface area is 96.9 Å². The van der Waals surface area contributed by atoms with Crippen LogP contribution in [0.15, 0.2) is 6.07 Å². The molecule has 0 aromatic carbocycles. The maximum atomic E-state index is 3.76. The number of hydrogen-bond donors (Lipinski definition) is 1. The van der Waals surface area contributed by atoms with Crippen LogP contribution in [0.3, 0.4) is 0 Å². The third-order valence-corrected chi connectivity index (χ3v) is 4.79. The SMILES string of the molecule is CCC1(NCc2cc(C)sc2C)CCC1. The summed E-state index contributed by atoms with van der Waals surface area (Å²) < 4.78 is 0. The molecule has 0 saturated heterocycles. The van der Waals surface area contributed by atoms with Crippen molar-refractivity contribution in [2.24, 2.45) is 0 Å². The van der Waals surface area contributed by atoms with Gasteiger partial charge in [-0.2, -0.15) is 0 Å². The lowest BCUT2D eigenvalue weighted by Crippen LogP contribution is -2.49. The van der Waals surface area contributed by atoms with Crippen molar-refractivity contribution in [3.05, 3.63) is 21.4 Å². The molecule has 1 nitrogen and oxygen atoms in total. The molecule has 1 saturated carbocycles. The van der Waals surface area contributed by atoms with E-state index in [0.29, 0.717) is 5.54 Å². The predicted octanol–water partition coefficient (Wildman–Crippen LogP) is 3.79. The third-order valence-electron chi connectivity index (χ3n) is 3.79. The first-order valence-corrected chi connectivity index (χ1v) is 6.78. The highest BCUT2D eigenvalue weighted by atomic mass is 32.1. The highest BCUT2D eigenvalue weighted by molar-refractivity contribution is 7.12. The largest absolute Gasteiger partial charge is 0.307 e. The Morgan fingerprint density at radius 3 is 2.53 bits per heavy atom. The molecule has 0 radical (unpaired) electrons. The Morgan fingerprint density at radius 1 is 1.40 bits per heavy atom. The summed E-state index contributed by atoms with van der Waals surface area (Å²) in [6.45, 7) is 7.79. The molecule has 0 spiro atoms. The second-order valence-electron chi connectivity index (χ2n) is 4.78. The minimum Gasteiger partial charge on any atom is -0.307 e. The number of aryl methyl sites for hydroxylation is 2. The van der Waals surface area contributed by atoms with Crippen molar-refractivity contribution >= 4 is 11.3 Å². The number of thiophene rings is 1. The lowest BCUT2D eigenvalue weighted by molar-refractivity contribution is 0.175. The molecule has 2 rings (SSSR count). The van der Waals surface area contributed by atoms with E-state index in [1.165, 1.54) is 41.0 Å². The average molecular weight is 223 g/mol. The molecule has 1 heterocycles. The van der Waals surface area contributed by atoms with Crippen LogP contribution in [0.4, 0.5) is 0 Å². The average Bonchev–Trinajstić information content (AvgIpc) is 2.44. The maximum absolute atomic E-state index is 3.76. The summed E-state index contributed by atoms with van der Waals surface area (Å²) in [5, 5.41) is 3.76. The number of rotatable bonds is 4. The molecule has 15 heavy (non-hydrogen) atoms. The fraction of sp³-hybridized carbons (Fsp3) is 0.692. The summed E-state index contributed by atoms with van der Waals surface area (Å²) in [5.74, 6) is 0. The highest BCUT2D eigenvalue weighted by Gasteiger charge is 2.34. The molecule has 1 aliphatic carbocycles. The fourth-order valence-corrected chi connectivity index (χ4v) is 3.35. The Kier molecular flexibility index (Phi) is 3.17. The van der Waals surface area contributed by atoms with Crippen LogP contribution >= 0.6 is 11.3 Å². The van der Waals surface area contributed by atoms with Gasteiger partial charge < -0.3 is 5.32 Å². The van der Waals surface area contributed by atoms with Gasteiger partial charge in [0.2, 0.25) is 0 Å². The Morgan fingerprint density at radius 2 is 2.13 bits per heavy atom. The van der Waals surface area contributed by atoms with Crippen LogP contribution in [0.2, 0.25) is 0 Å². The van der Waals surface area contributed by atoms with E-state index < -0.39 is 0 Å². The fourth-order valence-electron chi connectivity index (χ4n) is 2.40. The second-order valence-corrected chi connectivity index (χ2v) is 6.24. The van der Waals surface area contributed by atoms with Crippen molar-refractivity contribution in [3.8, 4) is 0 Å². The molecule has 1 N–H and O–H groups in total. The van der Waals surface area contributed by atoms with Gasteiger partial charge in [0, 0.05) is 21.8 Å². The Bertz CT molecular complexity index is 331. The monoisotopic (exact) mass is 223 g/mol. The molecule has 2 heteroatoms. The number of nitrogens with one attached hydrogen (secondary N) is 1. The molecular weight excluding hydrogens is 202 g/mol. The smallest absolute Gasteiger partial charge is 0.0221 e. The summed E-state index contributed by atoms with van der Waals surface area (Å²) in [7, 11) is 0. The highest BCUT2D eigenvalue weighted by Crippen LogP contribution is 2.35. The lowest BCUT2D eigenvalue weighted by atomic mass is 9.75. The summed E-state index contributed by atoms with van der Waals surface area (Å²) in [5.41, 5.74) is 1.97. The van der Waals surface area contributed by atoms with Gasteiger partial charge in [0.1, 0.15) is 0 Å². The van der Waals surface area contributed by atoms with E-state index in [1.54, 1.807) is 0 Å². The summed E-state index contributed by atoms with van der Waals surface area (Å²) in [6.07, 6.45) is 5.41. The van der Waals surface area contributed by atoms with Crippen molar-refractivity contribution in [1.82, 2.24) is 5.32 Å². The zero-order chi connectivity index (χ0) is 10.9. The van der Waals surface area contributed by atoms with Crippen LogP contribution in [0.1, 0.15) is 47.9 Å². The van der Waals surface area contributed by atoms with E-state index in [9.17, 15) is 0 Å². The van der Waals surface area contributed by atoms with Crippen LogP contribution in [0.5, 0.6) is 0 Å². The molecule has 1 aromatic heterocycles. The molecule has 1 aromatic rings. The summed E-state index contributed by atoms with van der Waals surface area (Å²) >= 11 is 1.91. The van der Waals surface area contributed by atoms with Crippen LogP contribution in [-0.4, -0.2) is 5.54 Å². The van der Waals surface area contributed by atoms with Gasteiger partial charge in [-0.05, 0) is 51.2 Å². The minimum absolute atomic E-state index is 0.474. The first-order chi connectivity index (χ1) is 7.15. The van der Waals surface area contributed by atoms with Crippen molar-refractivity contribution in [1.29, 1.82) is 0 Å². The van der Waals surface area contributed by atoms with Crippen LogP contribution < -0.4 is 5.32 Å². The van der Waals surface area contributed by atoms with Gasteiger partial charge in [-0.1, -0.05) is 6.92 Å². The van der Waals surface area contributed by atoms with Crippen molar-refractivity contribution in [2.45, 2.75) is 58.5 Å². The van der Waals surface area contributed by atoms with E-state index in [-0.39, 0.29) is 0 Å². The summed E-state index contributed by atoms with van der Waals surface area (Å²) in [6, 6.07) is 2.33. The van der Waals surface area contributed by atoms with Gasteiger partial charge in [-0.15, -0.1) is 11.3 Å². The number of hydrogen-bond acceptors (Lipinski definition) is 2. The summed E-state index contributed by atoms with van der Waals surface area (Å²) in [4.78, 5) is 2.91. The molecule has 1 aliphatic rings. The van der Waals surface area contributed by atoms with Gasteiger partial charge >= 0.3 is 0 Å². The molecule has 1 fully saturated rings. The molecular formula is C13H21NS. The van der Waals surface area contributed by atoms with E-state index in [2.05, 4.69) is 32.2 Å². The van der Waals surface area contributed by atoms with Crippen molar-refractivity contribution < 1.29 is 0 Å². The van der Waals surface area contributed by atoms with E-state index in [4.69, 9.17) is 0 Å². The standard InChI is InChI=1S/C13H21NS/c1-4-13(6-5-7-13)14-9-12-8-10(2)15-11(12)3/h8,14H,4-7,9H2,1-3H3. The molecule has 0 aliphatic heterocycles. The van der Waals surface area contributed by atoms with Crippen molar-refractivity contribution in [3.63, 3.8) is 0 Å². The predicted molar refractivity (Wildman–Crippen MR) is 67.5 cm³/mol. The first-order valence-electron chi connectivity index (χ1n) is 5.96. The second kappa shape index (κ2) is 4.26. The topological polar surface area (TPSA) is 12.0 Å². The molecule has 0 atom stereocenters. The first kappa shape index (κ1) is 11.2. The van der Waals surface area contributed by atoms with Gasteiger partial charge in [-0.3, -0.25) is 0 Å². The normalized spacial score (nSPS) is 18.9. The van der Waals surface area contributed by atoms with Crippen LogP contribution in [0.25, 0.3) is 0 Å². The third kappa shape index (κ3) is 2.26. The van der Waals surface area contributed by atoms with Gasteiger partial charge in [-0.25, -0.2) is 0 Å². The zero-order valence-electron chi connectivity index (χ0n) is 10.0. The van der Waals surface area contributed by atoms with Gasteiger partial charge in [0.25, 0.3) is 0 Å². The lowest BCUT2D eigenvalue weighted by Gasteiger charge is -2.42. The molecule has 0 unspecified atom stereocenters. The minimum atomic E-state index is 0.474. The van der Waals surface area contributed by atoms with Crippen LogP contribution in [-0.2, 0) is 6.54 Å².